The molecule has 2 aliphatic heterocycles. The summed E-state index contributed by atoms with van der Waals surface area (Å²) in [5.74, 6) is 1.25. The lowest BCUT2D eigenvalue weighted by Gasteiger charge is -2.35. The molecule has 5 nitrogen and oxygen atoms in total. The molecule has 6 heteroatoms. The summed E-state index contributed by atoms with van der Waals surface area (Å²) in [5.41, 5.74) is 0. The first kappa shape index (κ1) is 12.9. The lowest BCUT2D eigenvalue weighted by Crippen LogP contribution is -2.42. The van der Waals surface area contributed by atoms with Crippen LogP contribution in [0, 0.1) is 0 Å². The third-order valence-electron chi connectivity index (χ3n) is 4.13. The second-order valence-corrected chi connectivity index (χ2v) is 5.60. The van der Waals surface area contributed by atoms with Gasteiger partial charge in [-0.1, -0.05) is 11.6 Å². The van der Waals surface area contributed by atoms with Crippen LogP contribution in [0.15, 0.2) is 6.33 Å². The van der Waals surface area contributed by atoms with Crippen molar-refractivity contribution in [3.63, 3.8) is 0 Å². The number of nitrogens with zero attached hydrogens (tertiary/aromatic N) is 3. The van der Waals surface area contributed by atoms with Gasteiger partial charge in [0.25, 0.3) is 0 Å². The molecule has 0 aromatic carbocycles. The molecule has 2 aliphatic rings. The number of hydrogen-bond acceptors (Lipinski definition) is 5. The van der Waals surface area contributed by atoms with Crippen LogP contribution in [-0.4, -0.2) is 47.2 Å². The average Bonchev–Trinajstić information content (AvgIpc) is 2.86. The molecule has 0 spiro atoms. The number of fused-ring (bicyclic) bond motifs is 1. The van der Waals surface area contributed by atoms with Crippen molar-refractivity contribution in [3.05, 3.63) is 11.5 Å². The van der Waals surface area contributed by atoms with E-state index in [-0.39, 0.29) is 0 Å². The fourth-order valence-corrected chi connectivity index (χ4v) is 3.40. The third-order valence-corrected chi connectivity index (χ3v) is 4.39. The van der Waals surface area contributed by atoms with E-state index in [4.69, 9.17) is 16.3 Å². The fraction of sp³-hybridized carbons (Fsp3) is 0.692. The quantitative estimate of drug-likeness (QED) is 0.861. The number of rotatable bonds is 3. The second-order valence-electron chi connectivity index (χ2n) is 5.24. The van der Waals surface area contributed by atoms with Crippen molar-refractivity contribution in [3.8, 4) is 5.75 Å². The molecule has 1 aromatic heterocycles. The summed E-state index contributed by atoms with van der Waals surface area (Å²) in [6, 6.07) is 1.17. The molecule has 3 rings (SSSR count). The van der Waals surface area contributed by atoms with Crippen LogP contribution in [0.3, 0.4) is 0 Å². The van der Waals surface area contributed by atoms with E-state index in [2.05, 4.69) is 20.2 Å². The zero-order valence-corrected chi connectivity index (χ0v) is 11.9. The summed E-state index contributed by atoms with van der Waals surface area (Å²) in [6.45, 7) is 2.43. The van der Waals surface area contributed by atoms with E-state index >= 15 is 0 Å². The summed E-state index contributed by atoms with van der Waals surface area (Å²) in [4.78, 5) is 10.8. The van der Waals surface area contributed by atoms with E-state index in [0.29, 0.717) is 22.8 Å². The van der Waals surface area contributed by atoms with Gasteiger partial charge in [0.1, 0.15) is 6.33 Å². The molecule has 0 radical (unpaired) electrons. The number of anilines is 1. The number of hydrogen-bond donors (Lipinski definition) is 1. The topological polar surface area (TPSA) is 50.3 Å². The zero-order chi connectivity index (χ0) is 13.2. The standard InChI is InChI=1S/C13H19ClN4O/c1-19-11-12(14)15-8-16-13(11)17-9-4-6-18-5-2-3-10(18)7-9/h8-10H,2-7H2,1H3,(H,15,16,17). The van der Waals surface area contributed by atoms with Gasteiger partial charge in [-0.3, -0.25) is 0 Å². The lowest BCUT2D eigenvalue weighted by atomic mass is 9.97. The van der Waals surface area contributed by atoms with Crippen molar-refractivity contribution >= 4 is 17.4 Å². The van der Waals surface area contributed by atoms with E-state index in [9.17, 15) is 0 Å². The van der Waals surface area contributed by atoms with Crippen molar-refractivity contribution in [2.24, 2.45) is 0 Å². The predicted molar refractivity (Wildman–Crippen MR) is 74.8 cm³/mol. The molecule has 2 atom stereocenters. The van der Waals surface area contributed by atoms with Gasteiger partial charge < -0.3 is 15.0 Å². The number of ether oxygens (including phenoxy) is 1. The number of nitrogens with one attached hydrogen (secondary N) is 1. The largest absolute Gasteiger partial charge is 0.490 e. The molecule has 2 unspecified atom stereocenters. The first-order valence-corrected chi connectivity index (χ1v) is 7.21. The highest BCUT2D eigenvalue weighted by Crippen LogP contribution is 2.32. The van der Waals surface area contributed by atoms with E-state index in [0.717, 1.165) is 12.5 Å². The molecule has 0 saturated carbocycles. The van der Waals surface area contributed by atoms with Gasteiger partial charge in [0.05, 0.1) is 7.11 Å². The molecular weight excluding hydrogens is 264 g/mol. The SMILES string of the molecule is COc1c(Cl)ncnc1NC1CCN2CCCC2C1. The molecule has 19 heavy (non-hydrogen) atoms. The lowest BCUT2D eigenvalue weighted by molar-refractivity contribution is 0.188. The molecule has 1 N–H and O–H groups in total. The number of halogens is 1. The van der Waals surface area contributed by atoms with E-state index in [1.165, 1.54) is 38.7 Å². The minimum absolute atomic E-state index is 0.360. The highest BCUT2D eigenvalue weighted by atomic mass is 35.5. The molecule has 0 amide bonds. The highest BCUT2D eigenvalue weighted by Gasteiger charge is 2.32. The maximum atomic E-state index is 6.01. The van der Waals surface area contributed by atoms with Crippen LogP contribution < -0.4 is 10.1 Å². The van der Waals surface area contributed by atoms with Gasteiger partial charge in [-0.2, -0.15) is 0 Å². The van der Waals surface area contributed by atoms with Crippen molar-refractivity contribution in [2.75, 3.05) is 25.5 Å². The van der Waals surface area contributed by atoms with Gasteiger partial charge in [-0.25, -0.2) is 9.97 Å². The fourth-order valence-electron chi connectivity index (χ4n) is 3.18. The Kier molecular flexibility index (Phi) is 3.75. The van der Waals surface area contributed by atoms with Gasteiger partial charge >= 0.3 is 0 Å². The molecule has 0 aliphatic carbocycles. The van der Waals surface area contributed by atoms with Crippen molar-refractivity contribution in [2.45, 2.75) is 37.8 Å². The van der Waals surface area contributed by atoms with E-state index in [1.807, 2.05) is 0 Å². The Balaban J connectivity index is 1.70. The van der Waals surface area contributed by atoms with Gasteiger partial charge in [0, 0.05) is 18.6 Å². The van der Waals surface area contributed by atoms with E-state index < -0.39 is 0 Å². The summed E-state index contributed by atoms with van der Waals surface area (Å²) in [6.07, 6.45) is 6.43. The van der Waals surface area contributed by atoms with Crippen LogP contribution in [0.4, 0.5) is 5.82 Å². The molecular formula is C13H19ClN4O. The van der Waals surface area contributed by atoms with Crippen molar-refractivity contribution in [1.29, 1.82) is 0 Å². The highest BCUT2D eigenvalue weighted by molar-refractivity contribution is 6.31. The Hall–Kier alpha value is -1.07. The first-order valence-electron chi connectivity index (χ1n) is 6.83. The second kappa shape index (κ2) is 5.51. The number of piperidine rings is 1. The monoisotopic (exact) mass is 282 g/mol. The summed E-state index contributed by atoms with van der Waals surface area (Å²) >= 11 is 6.01. The van der Waals surface area contributed by atoms with Crippen LogP contribution in [0.5, 0.6) is 5.75 Å². The molecule has 0 bridgehead atoms. The smallest absolute Gasteiger partial charge is 0.198 e. The summed E-state index contributed by atoms with van der Waals surface area (Å²) in [5, 5.41) is 3.83. The third kappa shape index (κ3) is 2.62. The molecule has 2 fully saturated rings. The maximum Gasteiger partial charge on any atom is 0.198 e. The van der Waals surface area contributed by atoms with Crippen LogP contribution in [-0.2, 0) is 0 Å². The normalized spacial score (nSPS) is 27.1. The zero-order valence-electron chi connectivity index (χ0n) is 11.1. The molecule has 1 aromatic rings. The van der Waals surface area contributed by atoms with Crippen molar-refractivity contribution in [1.82, 2.24) is 14.9 Å². The minimum atomic E-state index is 0.360. The summed E-state index contributed by atoms with van der Waals surface area (Å²) in [7, 11) is 1.59. The van der Waals surface area contributed by atoms with Crippen molar-refractivity contribution < 1.29 is 4.74 Å². The van der Waals surface area contributed by atoms with Gasteiger partial charge in [-0.05, 0) is 32.2 Å². The number of methoxy groups -OCH3 is 1. The Bertz CT molecular complexity index is 456. The van der Waals surface area contributed by atoms with Crippen LogP contribution in [0.2, 0.25) is 5.15 Å². The van der Waals surface area contributed by atoms with Crippen LogP contribution in [0.25, 0.3) is 0 Å². The van der Waals surface area contributed by atoms with Gasteiger partial charge in [0.2, 0.25) is 0 Å². The molecule has 2 saturated heterocycles. The van der Waals surface area contributed by atoms with Crippen LogP contribution in [0.1, 0.15) is 25.7 Å². The molecule has 3 heterocycles. The predicted octanol–water partition coefficient (Wildman–Crippen LogP) is 2.18. The maximum absolute atomic E-state index is 6.01. The Morgan fingerprint density at radius 3 is 3.11 bits per heavy atom. The van der Waals surface area contributed by atoms with E-state index in [1.54, 1.807) is 7.11 Å². The first-order chi connectivity index (χ1) is 9.28. The summed E-state index contributed by atoms with van der Waals surface area (Å²) < 4.78 is 5.27. The van der Waals surface area contributed by atoms with Crippen LogP contribution >= 0.6 is 11.6 Å². The Morgan fingerprint density at radius 2 is 2.26 bits per heavy atom. The average molecular weight is 283 g/mol. The molecule has 104 valence electrons. The minimum Gasteiger partial charge on any atom is -0.490 e. The number of aromatic nitrogens is 2. The Labute approximate surface area is 118 Å². The Morgan fingerprint density at radius 1 is 1.37 bits per heavy atom. The van der Waals surface area contributed by atoms with Gasteiger partial charge in [-0.15, -0.1) is 0 Å². The van der Waals surface area contributed by atoms with Gasteiger partial charge in [0.15, 0.2) is 16.7 Å².